The lowest BCUT2D eigenvalue weighted by atomic mass is 9.99. The number of carbonyl (C=O) groups is 1. The molecule has 12 nitrogen and oxygen atoms in total. The fourth-order valence-electron chi connectivity index (χ4n) is 5.37. The molecule has 0 bridgehead atoms. The number of aliphatic hydroxyl groups is 3. The average molecular weight is 697 g/mol. The van der Waals surface area contributed by atoms with Crippen LogP contribution in [-0.2, 0) is 38.3 Å². The summed E-state index contributed by atoms with van der Waals surface area (Å²) in [6.45, 7) is 3.88. The van der Waals surface area contributed by atoms with Crippen molar-refractivity contribution in [2.75, 3.05) is 26.4 Å². The Morgan fingerprint density at radius 2 is 1.34 bits per heavy atom. The summed E-state index contributed by atoms with van der Waals surface area (Å²) >= 11 is 0. The van der Waals surface area contributed by atoms with Gasteiger partial charge in [0, 0.05) is 13.0 Å². The highest BCUT2D eigenvalue weighted by Gasteiger charge is 2.48. The Hall–Kier alpha value is -1.16. The maximum Gasteiger partial charge on any atom is 0.397 e. The number of aliphatic hydroxyl groups excluding tert-OH is 3. The number of allylic oxidation sites excluding steroid dienone is 2. The predicted molar refractivity (Wildman–Crippen MR) is 179 cm³/mol. The van der Waals surface area contributed by atoms with Crippen LogP contribution < -0.4 is 0 Å². The fraction of sp³-hybridized carbons (Fsp3) is 0.912. The van der Waals surface area contributed by atoms with E-state index in [1.807, 2.05) is 0 Å². The van der Waals surface area contributed by atoms with Crippen LogP contribution in [0.2, 0.25) is 0 Å². The molecule has 6 unspecified atom stereocenters. The molecule has 1 fully saturated rings. The second-order valence-electron chi connectivity index (χ2n) is 12.5. The molecule has 6 atom stereocenters. The van der Waals surface area contributed by atoms with Gasteiger partial charge in [-0.15, -0.1) is 0 Å². The number of rotatable bonds is 30. The molecule has 1 saturated heterocycles. The topological polar surface area (TPSA) is 178 Å². The van der Waals surface area contributed by atoms with Gasteiger partial charge in [0.2, 0.25) is 0 Å². The zero-order valence-electron chi connectivity index (χ0n) is 28.8. The minimum absolute atomic E-state index is 0.0345. The van der Waals surface area contributed by atoms with Crippen LogP contribution in [0.5, 0.6) is 0 Å². The van der Waals surface area contributed by atoms with Gasteiger partial charge in [0.25, 0.3) is 0 Å². The largest absolute Gasteiger partial charge is 0.457 e. The molecule has 0 saturated carbocycles. The normalized spacial score (nSPS) is 22.6. The summed E-state index contributed by atoms with van der Waals surface area (Å²) in [6, 6.07) is 0. The molecule has 4 N–H and O–H groups in total. The molecule has 0 amide bonds. The summed E-state index contributed by atoms with van der Waals surface area (Å²) in [5.41, 5.74) is 0. The Kier molecular flexibility index (Phi) is 25.8. The number of unbranched alkanes of at least 4 members (excludes halogenated alkanes) is 15. The molecule has 1 aliphatic rings. The van der Waals surface area contributed by atoms with E-state index in [-0.39, 0.29) is 19.6 Å². The molecule has 13 heteroatoms. The third-order valence-corrected chi connectivity index (χ3v) is 8.60. The predicted octanol–water partition coefficient (Wildman–Crippen LogP) is 5.57. The highest BCUT2D eigenvalue weighted by Crippen LogP contribution is 2.26. The zero-order chi connectivity index (χ0) is 34.8. The second kappa shape index (κ2) is 27.6. The Morgan fingerprint density at radius 3 is 1.91 bits per heavy atom. The molecule has 0 aromatic carbocycles. The van der Waals surface area contributed by atoms with Gasteiger partial charge in [-0.3, -0.25) is 9.35 Å². The summed E-state index contributed by atoms with van der Waals surface area (Å²) in [4.78, 5) is 12.7. The van der Waals surface area contributed by atoms with Crippen LogP contribution in [0, 0.1) is 0 Å². The fourth-order valence-corrected chi connectivity index (χ4v) is 5.88. The van der Waals surface area contributed by atoms with E-state index in [9.17, 15) is 28.5 Å². The Bertz CT molecular complexity index is 900. The Balaban J connectivity index is 2.50. The summed E-state index contributed by atoms with van der Waals surface area (Å²) < 4.78 is 58.4. The molecular formula is C34H64O12S. The first-order valence-electron chi connectivity index (χ1n) is 17.9. The van der Waals surface area contributed by atoms with Crippen molar-refractivity contribution in [3.8, 4) is 0 Å². The number of ether oxygens (including phenoxy) is 4. The van der Waals surface area contributed by atoms with E-state index in [0.717, 1.165) is 57.8 Å². The van der Waals surface area contributed by atoms with Gasteiger partial charge in [-0.1, -0.05) is 103 Å². The molecule has 0 aliphatic carbocycles. The monoisotopic (exact) mass is 696 g/mol. The second-order valence-corrected chi connectivity index (χ2v) is 13.5. The highest BCUT2D eigenvalue weighted by atomic mass is 32.3. The van der Waals surface area contributed by atoms with Crippen molar-refractivity contribution >= 4 is 16.4 Å². The van der Waals surface area contributed by atoms with Gasteiger partial charge in [-0.25, -0.2) is 4.18 Å². The van der Waals surface area contributed by atoms with Crippen molar-refractivity contribution in [2.24, 2.45) is 0 Å². The summed E-state index contributed by atoms with van der Waals surface area (Å²) in [5, 5.41) is 30.4. The first-order valence-corrected chi connectivity index (χ1v) is 19.3. The lowest BCUT2D eigenvalue weighted by molar-refractivity contribution is -0.301. The molecule has 1 aliphatic heterocycles. The third kappa shape index (κ3) is 22.2. The van der Waals surface area contributed by atoms with E-state index in [0.29, 0.717) is 13.0 Å². The lowest BCUT2D eigenvalue weighted by Crippen LogP contribution is -2.60. The standard InChI is InChI=1S/C34H64O12S/c1-3-5-7-9-11-12-13-14-15-16-17-18-19-21-23-30(36)44-28(26-42-24-22-20-10-8-6-4-2)27-43-34-32(38)33(46-47(39,40)41)31(37)29(25-35)45-34/h13-14,28-29,31-35,37-38H,3-12,15-27H2,1-2H3,(H,39,40,41)/b14-13-. The van der Waals surface area contributed by atoms with Gasteiger partial charge >= 0.3 is 16.4 Å². The van der Waals surface area contributed by atoms with E-state index in [2.05, 4.69) is 30.2 Å². The Morgan fingerprint density at radius 1 is 0.787 bits per heavy atom. The zero-order valence-corrected chi connectivity index (χ0v) is 29.7. The maximum atomic E-state index is 12.7. The molecular weight excluding hydrogens is 632 g/mol. The quantitative estimate of drug-likeness (QED) is 0.0318. The molecule has 1 heterocycles. The van der Waals surface area contributed by atoms with E-state index in [4.69, 9.17) is 23.5 Å². The molecule has 278 valence electrons. The smallest absolute Gasteiger partial charge is 0.397 e. The third-order valence-electron chi connectivity index (χ3n) is 8.14. The number of hydrogen-bond donors (Lipinski definition) is 4. The SMILES string of the molecule is CCCCCCC/C=C\CCCCCCCC(=O)OC(COCCCCCCCC)COC1OC(CO)C(O)C(OS(=O)(=O)O)C1O. The van der Waals surface area contributed by atoms with Crippen molar-refractivity contribution in [1.82, 2.24) is 0 Å². The average Bonchev–Trinajstić information content (AvgIpc) is 3.03. The molecule has 0 aromatic rings. The van der Waals surface area contributed by atoms with Gasteiger partial charge in [0.05, 0.1) is 19.8 Å². The van der Waals surface area contributed by atoms with Gasteiger partial charge < -0.3 is 34.3 Å². The van der Waals surface area contributed by atoms with Crippen molar-refractivity contribution in [3.63, 3.8) is 0 Å². The number of hydrogen-bond acceptors (Lipinski definition) is 11. The minimum Gasteiger partial charge on any atom is -0.457 e. The summed E-state index contributed by atoms with van der Waals surface area (Å²) in [7, 11) is -5.05. The highest BCUT2D eigenvalue weighted by molar-refractivity contribution is 7.80. The minimum atomic E-state index is -5.05. The van der Waals surface area contributed by atoms with Gasteiger partial charge in [-0.05, 0) is 38.5 Å². The van der Waals surface area contributed by atoms with Crippen LogP contribution >= 0.6 is 0 Å². The lowest BCUT2D eigenvalue weighted by Gasteiger charge is -2.41. The molecule has 0 spiro atoms. The van der Waals surface area contributed by atoms with Gasteiger partial charge in [0.1, 0.15) is 30.5 Å². The van der Waals surface area contributed by atoms with Crippen LogP contribution in [0.1, 0.15) is 136 Å². The van der Waals surface area contributed by atoms with E-state index in [1.54, 1.807) is 0 Å². The molecule has 0 radical (unpaired) electrons. The van der Waals surface area contributed by atoms with Crippen molar-refractivity contribution < 1.29 is 56.2 Å². The van der Waals surface area contributed by atoms with E-state index in [1.165, 1.54) is 51.4 Å². The van der Waals surface area contributed by atoms with Crippen molar-refractivity contribution in [1.29, 1.82) is 0 Å². The van der Waals surface area contributed by atoms with Crippen LogP contribution in [-0.4, -0.2) is 97.5 Å². The van der Waals surface area contributed by atoms with Crippen LogP contribution in [0.4, 0.5) is 0 Å². The van der Waals surface area contributed by atoms with Crippen LogP contribution in [0.25, 0.3) is 0 Å². The first kappa shape index (κ1) is 43.9. The molecule has 0 aromatic heterocycles. The van der Waals surface area contributed by atoms with E-state index < -0.39 is 59.8 Å². The summed E-state index contributed by atoms with van der Waals surface area (Å²) in [5.74, 6) is -0.412. The van der Waals surface area contributed by atoms with Gasteiger partial charge in [0.15, 0.2) is 6.29 Å². The van der Waals surface area contributed by atoms with Crippen LogP contribution in [0.15, 0.2) is 12.2 Å². The number of carbonyl (C=O) groups excluding carboxylic acids is 1. The van der Waals surface area contributed by atoms with Crippen molar-refractivity contribution in [3.05, 3.63) is 12.2 Å². The summed E-state index contributed by atoms with van der Waals surface area (Å²) in [6.07, 6.45) is 15.7. The van der Waals surface area contributed by atoms with Crippen molar-refractivity contribution in [2.45, 2.75) is 173 Å². The Labute approximate surface area is 283 Å². The molecule has 47 heavy (non-hydrogen) atoms. The number of esters is 1. The van der Waals surface area contributed by atoms with Gasteiger partial charge in [-0.2, -0.15) is 8.42 Å². The first-order chi connectivity index (χ1) is 22.6. The van der Waals surface area contributed by atoms with E-state index >= 15 is 0 Å². The molecule has 1 rings (SSSR count). The van der Waals surface area contributed by atoms with Crippen LogP contribution in [0.3, 0.4) is 0 Å². The maximum absolute atomic E-state index is 12.7.